The van der Waals surface area contributed by atoms with Gasteiger partial charge in [0.25, 0.3) is 0 Å². The van der Waals surface area contributed by atoms with Crippen molar-refractivity contribution >= 4 is 22.1 Å². The van der Waals surface area contributed by atoms with Crippen LogP contribution in [0.1, 0.15) is 12.8 Å². The summed E-state index contributed by atoms with van der Waals surface area (Å²) in [6.07, 6.45) is -0.0279. The maximum absolute atomic E-state index is 13.3. The van der Waals surface area contributed by atoms with Crippen molar-refractivity contribution in [2.45, 2.75) is 30.1 Å². The van der Waals surface area contributed by atoms with Crippen molar-refractivity contribution in [3.63, 3.8) is 0 Å². The molecule has 1 heterocycles. The van der Waals surface area contributed by atoms with E-state index in [1.54, 1.807) is 0 Å². The summed E-state index contributed by atoms with van der Waals surface area (Å²) < 4.78 is 90.9. The first-order valence-corrected chi connectivity index (χ1v) is 8.40. The van der Waals surface area contributed by atoms with Crippen LogP contribution in [0.2, 0.25) is 0 Å². The van der Waals surface area contributed by atoms with Crippen molar-refractivity contribution in [1.82, 2.24) is 0 Å². The lowest BCUT2D eigenvalue weighted by Gasteiger charge is -2.26. The van der Waals surface area contributed by atoms with E-state index in [9.17, 15) is 35.6 Å². The Labute approximate surface area is 133 Å². The number of rotatable bonds is 5. The van der Waals surface area contributed by atoms with E-state index in [1.807, 2.05) is 0 Å². The van der Waals surface area contributed by atoms with Gasteiger partial charge in [0.1, 0.15) is 6.10 Å². The quantitative estimate of drug-likeness (QED) is 0.430. The van der Waals surface area contributed by atoms with Crippen molar-refractivity contribution in [1.29, 1.82) is 0 Å². The zero-order valence-electron chi connectivity index (χ0n) is 11.8. The molecular weight excluding hydrogens is 364 g/mol. The molecule has 3 fully saturated rings. The molecule has 1 N–H and O–H groups in total. The first-order chi connectivity index (χ1) is 10.9. The molecular formula is C12H12F4O7S. The lowest BCUT2D eigenvalue weighted by Crippen LogP contribution is -2.50. The highest BCUT2D eigenvalue weighted by Crippen LogP contribution is 2.57. The van der Waals surface area contributed by atoms with Crippen LogP contribution >= 0.6 is 0 Å². The van der Waals surface area contributed by atoms with E-state index in [0.717, 1.165) is 0 Å². The number of hydrogen-bond donors (Lipinski definition) is 1. The van der Waals surface area contributed by atoms with Crippen LogP contribution in [0, 0.1) is 23.7 Å². The molecule has 5 atom stereocenters. The molecule has 136 valence electrons. The molecule has 0 aromatic carbocycles. The van der Waals surface area contributed by atoms with Crippen molar-refractivity contribution in [2.75, 3.05) is 6.61 Å². The van der Waals surface area contributed by atoms with Gasteiger partial charge in [0, 0.05) is 5.92 Å². The molecule has 1 saturated heterocycles. The molecule has 12 heteroatoms. The number of ether oxygens (including phenoxy) is 2. The van der Waals surface area contributed by atoms with E-state index in [0.29, 0.717) is 12.8 Å². The predicted octanol–water partition coefficient (Wildman–Crippen LogP) is 0.843. The Bertz CT molecular complexity index is 692. The highest BCUT2D eigenvalue weighted by Gasteiger charge is 2.67. The third kappa shape index (κ3) is 2.30. The largest absolute Gasteiger partial charge is 0.461 e. The zero-order valence-corrected chi connectivity index (χ0v) is 12.6. The summed E-state index contributed by atoms with van der Waals surface area (Å²) in [4.78, 5) is 23.5. The number of carbonyl (C=O) groups excluding carboxylic acids is 2. The Balaban J connectivity index is 1.68. The summed E-state index contributed by atoms with van der Waals surface area (Å²) in [6, 6.07) is 0. The van der Waals surface area contributed by atoms with Crippen molar-refractivity contribution in [3.05, 3.63) is 0 Å². The lowest BCUT2D eigenvalue weighted by molar-refractivity contribution is -0.200. The monoisotopic (exact) mass is 376 g/mol. The normalized spacial score (nSPS) is 35.2. The third-order valence-electron chi connectivity index (χ3n) is 4.90. The molecule has 0 amide bonds. The average Bonchev–Trinajstić information content (AvgIpc) is 3.05. The van der Waals surface area contributed by atoms with Gasteiger partial charge in [0.05, 0.1) is 11.8 Å². The summed E-state index contributed by atoms with van der Waals surface area (Å²) in [5.41, 5.74) is 0. The topological polar surface area (TPSA) is 107 Å². The molecule has 1 aliphatic heterocycles. The summed E-state index contributed by atoms with van der Waals surface area (Å²) >= 11 is 0. The highest BCUT2D eigenvalue weighted by molar-refractivity contribution is 7.87. The first-order valence-electron chi connectivity index (χ1n) is 6.96. The third-order valence-corrected chi connectivity index (χ3v) is 5.85. The minimum Gasteiger partial charge on any atom is -0.461 e. The summed E-state index contributed by atoms with van der Waals surface area (Å²) in [5, 5.41) is -5.81. The number of hydrogen-bond acceptors (Lipinski definition) is 6. The number of esters is 2. The molecule has 0 radical (unpaired) electrons. The molecule has 2 saturated carbocycles. The smallest absolute Gasteiger partial charge is 0.435 e. The minimum atomic E-state index is -6.40. The molecule has 24 heavy (non-hydrogen) atoms. The van der Waals surface area contributed by atoms with Crippen LogP contribution in [-0.4, -0.2) is 48.8 Å². The molecule has 7 nitrogen and oxygen atoms in total. The lowest BCUT2D eigenvalue weighted by atomic mass is 9.82. The van der Waals surface area contributed by atoms with E-state index < -0.39 is 51.9 Å². The van der Waals surface area contributed by atoms with E-state index >= 15 is 0 Å². The molecule has 0 aromatic rings. The van der Waals surface area contributed by atoms with Gasteiger partial charge in [-0.05, 0) is 18.8 Å². The van der Waals surface area contributed by atoms with Gasteiger partial charge < -0.3 is 9.47 Å². The Morgan fingerprint density at radius 3 is 2.50 bits per heavy atom. The Morgan fingerprint density at radius 2 is 1.92 bits per heavy atom. The second-order valence-electron chi connectivity index (χ2n) is 6.23. The van der Waals surface area contributed by atoms with Crippen LogP contribution < -0.4 is 0 Å². The van der Waals surface area contributed by atoms with Gasteiger partial charge in [0.2, 0.25) is 0 Å². The molecule has 0 aromatic heterocycles. The molecule has 2 aliphatic carbocycles. The number of halogens is 4. The molecule has 2 bridgehead atoms. The zero-order chi connectivity index (χ0) is 18.1. The van der Waals surface area contributed by atoms with Gasteiger partial charge in [-0.3, -0.25) is 14.1 Å². The van der Waals surface area contributed by atoms with Crippen molar-refractivity contribution in [3.8, 4) is 0 Å². The van der Waals surface area contributed by atoms with Gasteiger partial charge in [-0.2, -0.15) is 26.0 Å². The van der Waals surface area contributed by atoms with Gasteiger partial charge in [0.15, 0.2) is 6.61 Å². The maximum Gasteiger partial charge on any atom is 0.435 e. The summed E-state index contributed by atoms with van der Waals surface area (Å²) in [5.74, 6) is -8.98. The molecule has 3 aliphatic rings. The Morgan fingerprint density at radius 1 is 1.29 bits per heavy atom. The Kier molecular flexibility index (Phi) is 3.65. The van der Waals surface area contributed by atoms with Crippen LogP contribution in [0.4, 0.5) is 17.6 Å². The maximum atomic E-state index is 13.3. The van der Waals surface area contributed by atoms with Gasteiger partial charge in [-0.1, -0.05) is 0 Å². The summed E-state index contributed by atoms with van der Waals surface area (Å²) in [7, 11) is -6.40. The van der Waals surface area contributed by atoms with Crippen molar-refractivity contribution < 1.29 is 49.6 Å². The van der Waals surface area contributed by atoms with Crippen molar-refractivity contribution in [2.24, 2.45) is 23.7 Å². The summed E-state index contributed by atoms with van der Waals surface area (Å²) in [6.45, 7) is -2.23. The van der Waals surface area contributed by atoms with E-state index in [4.69, 9.17) is 9.29 Å². The average molecular weight is 376 g/mol. The highest BCUT2D eigenvalue weighted by atomic mass is 32.2. The van der Waals surface area contributed by atoms with Crippen LogP contribution in [0.25, 0.3) is 0 Å². The molecule has 3 rings (SSSR count). The fourth-order valence-corrected chi connectivity index (χ4v) is 4.25. The predicted molar refractivity (Wildman–Crippen MR) is 65.5 cm³/mol. The van der Waals surface area contributed by atoms with E-state index in [-0.39, 0.29) is 17.8 Å². The number of fused-ring (bicyclic) bond motifs is 1. The van der Waals surface area contributed by atoms with E-state index in [2.05, 4.69) is 4.74 Å². The van der Waals surface area contributed by atoms with Crippen LogP contribution in [0.3, 0.4) is 0 Å². The molecule has 0 spiro atoms. The van der Waals surface area contributed by atoms with Gasteiger partial charge in [-0.15, -0.1) is 0 Å². The number of carbonyl (C=O) groups is 2. The van der Waals surface area contributed by atoms with Gasteiger partial charge in [-0.25, -0.2) is 0 Å². The minimum absolute atomic E-state index is 0.222. The number of alkyl halides is 4. The van der Waals surface area contributed by atoms with Crippen LogP contribution in [-0.2, 0) is 29.2 Å². The molecule has 4 unspecified atom stereocenters. The van der Waals surface area contributed by atoms with Gasteiger partial charge >= 0.3 is 33.2 Å². The van der Waals surface area contributed by atoms with Crippen LogP contribution in [0.15, 0.2) is 0 Å². The van der Waals surface area contributed by atoms with Crippen LogP contribution in [0.5, 0.6) is 0 Å². The standard InChI is InChI=1S/C12H12F4O7S/c13-11(14,12(15,16)24(19,20)21)3-22-10(18)7-4-1-5-6(2-4)9(17)23-8(5)7/h4-8H,1-3H2,(H,19,20,21)/t4-,5?,6?,7?,8?/m1/s1. The fraction of sp³-hybridized carbons (Fsp3) is 0.833. The fourth-order valence-electron chi connectivity index (χ4n) is 3.81. The first kappa shape index (κ1) is 17.4. The second kappa shape index (κ2) is 5.04. The van der Waals surface area contributed by atoms with E-state index in [1.165, 1.54) is 0 Å². The second-order valence-corrected chi connectivity index (χ2v) is 7.70. The Hall–Kier alpha value is -1.43. The SMILES string of the molecule is O=C1OC2C3C[C@H](CC13)C2C(=O)OCC(F)(F)C(F)(F)S(=O)(=O)O.